The molecule has 0 aromatic heterocycles. The smallest absolute Gasteiger partial charge is 0.265 e. The van der Waals surface area contributed by atoms with Crippen LogP contribution in [0.5, 0.6) is 0 Å². The van der Waals surface area contributed by atoms with Crippen LogP contribution in [-0.2, 0) is 14.4 Å². The number of nitrogens with zero attached hydrogens (tertiary/aromatic N) is 3. The van der Waals surface area contributed by atoms with Gasteiger partial charge in [0.25, 0.3) is 11.8 Å². The highest BCUT2D eigenvalue weighted by Gasteiger charge is 2.44. The summed E-state index contributed by atoms with van der Waals surface area (Å²) in [7, 11) is 5.26. The Hall–Kier alpha value is -2.00. The van der Waals surface area contributed by atoms with Gasteiger partial charge in [-0.3, -0.25) is 14.4 Å². The molecule has 8 nitrogen and oxygen atoms in total. The van der Waals surface area contributed by atoms with E-state index < -0.39 is 6.23 Å². The van der Waals surface area contributed by atoms with Crippen molar-refractivity contribution in [3.8, 4) is 0 Å². The molecule has 2 heterocycles. The van der Waals surface area contributed by atoms with Crippen LogP contribution >= 0.6 is 0 Å². The van der Waals surface area contributed by atoms with E-state index in [9.17, 15) is 9.59 Å². The summed E-state index contributed by atoms with van der Waals surface area (Å²) in [6.45, 7) is 1.17. The molecule has 0 N–H and O–H groups in total. The fourth-order valence-corrected chi connectivity index (χ4v) is 2.85. The first kappa shape index (κ1) is 16.8. The summed E-state index contributed by atoms with van der Waals surface area (Å²) in [5, 5.41) is 1.27. The number of fused-ring (bicyclic) bond motifs is 1. The first-order valence-electron chi connectivity index (χ1n) is 7.79. The van der Waals surface area contributed by atoms with Crippen LogP contribution in [0.1, 0.15) is 27.1 Å². The molecule has 1 fully saturated rings. The zero-order valence-electron chi connectivity index (χ0n) is 14.0. The van der Waals surface area contributed by atoms with Crippen LogP contribution in [0.15, 0.2) is 18.2 Å². The monoisotopic (exact) mass is 335 g/mol. The summed E-state index contributed by atoms with van der Waals surface area (Å²) in [5.41, 5.74) is 1.55. The lowest BCUT2D eigenvalue weighted by Gasteiger charge is -2.34. The van der Waals surface area contributed by atoms with Crippen molar-refractivity contribution >= 4 is 17.5 Å². The average Bonchev–Trinajstić information content (AvgIpc) is 2.84. The van der Waals surface area contributed by atoms with Crippen LogP contribution in [0.25, 0.3) is 0 Å². The number of imide groups is 1. The molecular weight excluding hydrogens is 314 g/mol. The molecule has 0 bridgehead atoms. The molecule has 24 heavy (non-hydrogen) atoms. The van der Waals surface area contributed by atoms with Crippen LogP contribution < -0.4 is 4.90 Å². The van der Waals surface area contributed by atoms with Gasteiger partial charge in [0.1, 0.15) is 0 Å². The van der Waals surface area contributed by atoms with Crippen molar-refractivity contribution in [3.05, 3.63) is 29.3 Å². The van der Waals surface area contributed by atoms with E-state index >= 15 is 0 Å². The van der Waals surface area contributed by atoms with Crippen molar-refractivity contribution in [1.29, 1.82) is 0 Å². The maximum absolute atomic E-state index is 12.9. The van der Waals surface area contributed by atoms with Gasteiger partial charge in [0.2, 0.25) is 0 Å². The second-order valence-electron chi connectivity index (χ2n) is 5.81. The Morgan fingerprint density at radius 1 is 1.29 bits per heavy atom. The number of carbonyl (C=O) groups excluding carboxylic acids is 2. The summed E-state index contributed by atoms with van der Waals surface area (Å²) in [4.78, 5) is 39.6. The van der Waals surface area contributed by atoms with Gasteiger partial charge >= 0.3 is 0 Å². The van der Waals surface area contributed by atoms with Gasteiger partial charge in [0.15, 0.2) is 6.23 Å². The number of ether oxygens (including phenoxy) is 1. The minimum Gasteiger partial charge on any atom is -0.383 e. The zero-order valence-corrected chi connectivity index (χ0v) is 14.0. The molecule has 0 saturated carbocycles. The minimum atomic E-state index is -0.682. The van der Waals surface area contributed by atoms with Crippen molar-refractivity contribution in [3.63, 3.8) is 0 Å². The molecule has 1 atom stereocenters. The number of hydroxylamine groups is 2. The van der Waals surface area contributed by atoms with Crippen LogP contribution in [-0.4, -0.2) is 69.1 Å². The van der Waals surface area contributed by atoms with Gasteiger partial charge in [0.05, 0.1) is 30.9 Å². The van der Waals surface area contributed by atoms with E-state index in [1.54, 1.807) is 19.2 Å². The Morgan fingerprint density at radius 2 is 2.08 bits per heavy atom. The highest BCUT2D eigenvalue weighted by molar-refractivity contribution is 6.23. The van der Waals surface area contributed by atoms with Gasteiger partial charge in [-0.2, -0.15) is 0 Å². The third kappa shape index (κ3) is 2.89. The number of methoxy groups -OCH3 is 1. The molecular formula is C16H21N3O5. The molecule has 1 aromatic carbocycles. The molecule has 2 aliphatic rings. The molecule has 0 aliphatic carbocycles. The standard InChI is InChI=1S/C16H21N3O5/c1-17(2)12-6-4-5-11-14(12)16(21)19(15(11)20)13-7-9-23-18(24-13)8-10-22-3/h4-6,13H,7-10H2,1-3H3. The SMILES string of the molecule is COCCN1OCCC(N2C(=O)c3cccc(N(C)C)c3C2=O)O1. The lowest BCUT2D eigenvalue weighted by atomic mass is 10.1. The van der Waals surface area contributed by atoms with E-state index in [1.165, 1.54) is 10.1 Å². The Morgan fingerprint density at radius 3 is 2.79 bits per heavy atom. The molecule has 0 radical (unpaired) electrons. The number of benzene rings is 1. The van der Waals surface area contributed by atoms with Gasteiger partial charge in [0, 0.05) is 33.3 Å². The lowest BCUT2D eigenvalue weighted by Crippen LogP contribution is -2.49. The minimum absolute atomic E-state index is 0.335. The molecule has 0 spiro atoms. The van der Waals surface area contributed by atoms with Gasteiger partial charge in [-0.1, -0.05) is 11.3 Å². The molecule has 130 valence electrons. The van der Waals surface area contributed by atoms with E-state index in [1.807, 2.05) is 25.1 Å². The second-order valence-corrected chi connectivity index (χ2v) is 5.81. The number of hydrogen-bond acceptors (Lipinski definition) is 7. The van der Waals surface area contributed by atoms with Crippen LogP contribution in [0.2, 0.25) is 0 Å². The maximum atomic E-state index is 12.9. The largest absolute Gasteiger partial charge is 0.383 e. The summed E-state index contributed by atoms with van der Waals surface area (Å²) in [6, 6.07) is 5.27. The number of amides is 2. The van der Waals surface area contributed by atoms with Crippen molar-refractivity contribution in [2.24, 2.45) is 0 Å². The predicted molar refractivity (Wildman–Crippen MR) is 85.3 cm³/mol. The normalized spacial score (nSPS) is 21.3. The molecule has 1 saturated heterocycles. The summed E-state index contributed by atoms with van der Waals surface area (Å²) in [5.74, 6) is -0.671. The first-order valence-corrected chi connectivity index (χ1v) is 7.79. The van der Waals surface area contributed by atoms with E-state index in [4.69, 9.17) is 14.4 Å². The topological polar surface area (TPSA) is 71.6 Å². The highest BCUT2D eigenvalue weighted by atomic mass is 17.0. The Kier molecular flexibility index (Phi) is 4.81. The van der Waals surface area contributed by atoms with E-state index in [0.717, 1.165) is 5.69 Å². The van der Waals surface area contributed by atoms with Gasteiger partial charge in [-0.25, -0.2) is 9.74 Å². The predicted octanol–water partition coefficient (Wildman–Crippen LogP) is 0.890. The van der Waals surface area contributed by atoms with Crippen LogP contribution in [0, 0.1) is 0 Å². The first-order chi connectivity index (χ1) is 11.5. The molecule has 2 amide bonds. The summed E-state index contributed by atoms with van der Waals surface area (Å²) in [6.07, 6.45) is -0.260. The van der Waals surface area contributed by atoms with Gasteiger partial charge in [-0.15, -0.1) is 0 Å². The third-order valence-corrected chi connectivity index (χ3v) is 4.01. The second kappa shape index (κ2) is 6.86. The quantitative estimate of drug-likeness (QED) is 0.740. The molecule has 3 rings (SSSR count). The van der Waals surface area contributed by atoms with Gasteiger partial charge in [-0.05, 0) is 12.1 Å². The van der Waals surface area contributed by atoms with E-state index in [2.05, 4.69) is 0 Å². The Bertz CT molecular complexity index is 649. The summed E-state index contributed by atoms with van der Waals surface area (Å²) < 4.78 is 4.99. The van der Waals surface area contributed by atoms with E-state index in [-0.39, 0.29) is 11.8 Å². The Balaban J connectivity index is 1.84. The van der Waals surface area contributed by atoms with Crippen LogP contribution in [0.4, 0.5) is 5.69 Å². The van der Waals surface area contributed by atoms with Crippen molar-refractivity contribution in [1.82, 2.24) is 10.1 Å². The molecule has 2 aliphatic heterocycles. The average molecular weight is 335 g/mol. The number of rotatable bonds is 5. The van der Waals surface area contributed by atoms with Crippen molar-refractivity contribution in [2.45, 2.75) is 12.6 Å². The number of carbonyl (C=O) groups is 2. The molecule has 1 aromatic rings. The summed E-state index contributed by atoms with van der Waals surface area (Å²) >= 11 is 0. The number of hydrogen-bond donors (Lipinski definition) is 0. The Labute approximate surface area is 140 Å². The zero-order chi connectivity index (χ0) is 17.3. The van der Waals surface area contributed by atoms with Crippen molar-refractivity contribution in [2.75, 3.05) is 45.9 Å². The fourth-order valence-electron chi connectivity index (χ4n) is 2.85. The highest BCUT2D eigenvalue weighted by Crippen LogP contribution is 2.33. The number of anilines is 1. The maximum Gasteiger partial charge on any atom is 0.265 e. The van der Waals surface area contributed by atoms with Crippen molar-refractivity contribution < 1.29 is 24.0 Å². The van der Waals surface area contributed by atoms with Crippen LogP contribution in [0.3, 0.4) is 0 Å². The molecule has 1 unspecified atom stereocenters. The lowest BCUT2D eigenvalue weighted by molar-refractivity contribution is -0.425. The molecule has 8 heteroatoms. The third-order valence-electron chi connectivity index (χ3n) is 4.01. The van der Waals surface area contributed by atoms with Gasteiger partial charge < -0.3 is 9.64 Å². The van der Waals surface area contributed by atoms with E-state index in [0.29, 0.717) is 37.3 Å². The fraction of sp³-hybridized carbons (Fsp3) is 0.500.